The van der Waals surface area contributed by atoms with E-state index >= 15 is 0 Å². The Labute approximate surface area is 154 Å². The monoisotopic (exact) mass is 385 g/mol. The Morgan fingerprint density at radius 3 is 2.70 bits per heavy atom. The first-order valence-electron chi connectivity index (χ1n) is 7.74. The Hall–Kier alpha value is -3.38. The number of nitriles is 1. The minimum atomic E-state index is -4.53. The number of hydrogen-bond donors (Lipinski definition) is 2. The molecule has 0 unspecified atom stereocenters. The van der Waals surface area contributed by atoms with Gasteiger partial charge in [-0.25, -0.2) is 9.97 Å². The van der Waals surface area contributed by atoms with Gasteiger partial charge in [0.2, 0.25) is 5.82 Å². The van der Waals surface area contributed by atoms with Gasteiger partial charge in [-0.1, -0.05) is 12.1 Å². The van der Waals surface area contributed by atoms with Crippen molar-refractivity contribution in [2.45, 2.75) is 6.18 Å². The predicted octanol–water partition coefficient (Wildman–Crippen LogP) is 5.17. The highest BCUT2D eigenvalue weighted by molar-refractivity contribution is 7.19. The molecule has 0 aliphatic heterocycles. The topological polar surface area (TPSA) is 77.4 Å². The van der Waals surface area contributed by atoms with Crippen molar-refractivity contribution in [1.29, 1.82) is 5.26 Å². The number of fused-ring (bicyclic) bond motifs is 2. The average Bonchev–Trinajstić information content (AvgIpc) is 3.25. The van der Waals surface area contributed by atoms with Gasteiger partial charge in [-0.2, -0.15) is 18.4 Å². The molecule has 2 N–H and O–H groups in total. The molecule has 2 aromatic carbocycles. The number of benzene rings is 2. The van der Waals surface area contributed by atoms with Gasteiger partial charge in [0.05, 0.1) is 21.3 Å². The van der Waals surface area contributed by atoms with E-state index in [4.69, 9.17) is 0 Å². The van der Waals surface area contributed by atoms with E-state index in [1.807, 2.05) is 24.3 Å². The number of anilines is 1. The van der Waals surface area contributed by atoms with Crippen LogP contribution in [0.25, 0.3) is 26.8 Å². The van der Waals surface area contributed by atoms with E-state index in [1.165, 1.54) is 29.7 Å². The summed E-state index contributed by atoms with van der Waals surface area (Å²) < 4.78 is 39.2. The van der Waals surface area contributed by atoms with Crippen LogP contribution in [0.5, 0.6) is 0 Å². The zero-order valence-electron chi connectivity index (χ0n) is 13.5. The minimum absolute atomic E-state index is 0.212. The van der Waals surface area contributed by atoms with Gasteiger partial charge in [0.25, 0.3) is 0 Å². The van der Waals surface area contributed by atoms with Gasteiger partial charge in [-0.15, -0.1) is 11.3 Å². The Bertz CT molecular complexity index is 1180. The molecule has 0 spiro atoms. The molecule has 0 aliphatic carbocycles. The molecule has 0 saturated heterocycles. The first-order chi connectivity index (χ1) is 12.9. The van der Waals surface area contributed by atoms with Gasteiger partial charge in [-0.3, -0.25) is 0 Å². The highest BCUT2D eigenvalue weighted by Gasteiger charge is 2.34. The van der Waals surface area contributed by atoms with Crippen molar-refractivity contribution >= 4 is 43.8 Å². The number of halogens is 3. The Morgan fingerprint density at radius 1 is 1.15 bits per heavy atom. The number of imidazole rings is 1. The van der Waals surface area contributed by atoms with Gasteiger partial charge >= 0.3 is 6.18 Å². The highest BCUT2D eigenvalue weighted by atomic mass is 32.1. The summed E-state index contributed by atoms with van der Waals surface area (Å²) in [5.41, 5.74) is 2.12. The van der Waals surface area contributed by atoms with Crippen LogP contribution in [0, 0.1) is 11.3 Å². The number of rotatable bonds is 3. The lowest BCUT2D eigenvalue weighted by atomic mass is 10.2. The summed E-state index contributed by atoms with van der Waals surface area (Å²) >= 11 is 1.39. The van der Waals surface area contributed by atoms with Crippen molar-refractivity contribution in [3.8, 4) is 6.07 Å². The van der Waals surface area contributed by atoms with E-state index in [0.717, 1.165) is 10.2 Å². The zero-order valence-corrected chi connectivity index (χ0v) is 14.3. The summed E-state index contributed by atoms with van der Waals surface area (Å²) in [6.07, 6.45) is -3.05. The van der Waals surface area contributed by atoms with Gasteiger partial charge < -0.3 is 10.3 Å². The molecule has 0 bridgehead atoms. The zero-order chi connectivity index (χ0) is 19.0. The Kier molecular flexibility index (Phi) is 4.05. The number of hydrogen-bond acceptors (Lipinski definition) is 5. The largest absolute Gasteiger partial charge is 0.449 e. The van der Waals surface area contributed by atoms with Gasteiger partial charge in [0.1, 0.15) is 16.6 Å². The van der Waals surface area contributed by atoms with Gasteiger partial charge in [0.15, 0.2) is 0 Å². The number of para-hydroxylation sites is 1. The average molecular weight is 385 g/mol. The van der Waals surface area contributed by atoms with Crippen LogP contribution >= 0.6 is 11.3 Å². The molecule has 0 atom stereocenters. The fraction of sp³-hybridized carbons (Fsp3) is 0.0556. The number of H-pyrrole nitrogens is 1. The van der Waals surface area contributed by atoms with E-state index in [0.29, 0.717) is 16.3 Å². The molecule has 27 heavy (non-hydrogen) atoms. The lowest BCUT2D eigenvalue weighted by molar-refractivity contribution is -0.144. The minimum Gasteiger partial charge on any atom is -0.360 e. The molecule has 2 aromatic heterocycles. The van der Waals surface area contributed by atoms with Crippen LogP contribution in [-0.4, -0.2) is 15.0 Å². The van der Waals surface area contributed by atoms with Crippen LogP contribution in [0.15, 0.2) is 48.7 Å². The molecule has 4 rings (SSSR count). The molecule has 5 nitrogen and oxygen atoms in total. The third-order valence-electron chi connectivity index (χ3n) is 3.78. The quantitative estimate of drug-likeness (QED) is 0.477. The van der Waals surface area contributed by atoms with E-state index < -0.39 is 12.0 Å². The molecule has 0 saturated carbocycles. The number of nitrogens with zero attached hydrogens (tertiary/aromatic N) is 3. The van der Waals surface area contributed by atoms with Crippen molar-refractivity contribution in [3.05, 3.63) is 59.5 Å². The van der Waals surface area contributed by atoms with Crippen LogP contribution in [0.3, 0.4) is 0 Å². The highest BCUT2D eigenvalue weighted by Crippen LogP contribution is 2.30. The molecular weight excluding hydrogens is 375 g/mol. The van der Waals surface area contributed by atoms with Crippen LogP contribution in [-0.2, 0) is 6.18 Å². The van der Waals surface area contributed by atoms with Crippen molar-refractivity contribution in [2.75, 3.05) is 5.32 Å². The van der Waals surface area contributed by atoms with Crippen LogP contribution < -0.4 is 5.32 Å². The number of alkyl halides is 3. The van der Waals surface area contributed by atoms with E-state index in [2.05, 4.69) is 26.3 Å². The molecule has 0 radical (unpaired) electrons. The maximum atomic E-state index is 12.7. The van der Waals surface area contributed by atoms with E-state index in [1.54, 1.807) is 6.07 Å². The van der Waals surface area contributed by atoms with Crippen molar-refractivity contribution < 1.29 is 13.2 Å². The fourth-order valence-electron chi connectivity index (χ4n) is 2.52. The lowest BCUT2D eigenvalue weighted by Gasteiger charge is -2.01. The number of aromatic nitrogens is 3. The van der Waals surface area contributed by atoms with E-state index in [-0.39, 0.29) is 11.0 Å². The second-order valence-electron chi connectivity index (χ2n) is 5.62. The summed E-state index contributed by atoms with van der Waals surface area (Å²) in [5, 5.41) is 12.9. The Morgan fingerprint density at radius 2 is 1.96 bits per heavy atom. The van der Waals surface area contributed by atoms with Crippen molar-refractivity contribution in [2.24, 2.45) is 0 Å². The maximum absolute atomic E-state index is 12.7. The normalized spacial score (nSPS) is 12.4. The predicted molar refractivity (Wildman–Crippen MR) is 97.9 cm³/mol. The molecule has 0 aliphatic rings. The first-order valence-corrected chi connectivity index (χ1v) is 8.55. The third-order valence-corrected chi connectivity index (χ3v) is 4.85. The second-order valence-corrected chi connectivity index (χ2v) is 6.65. The molecule has 2 heterocycles. The number of thiazole rings is 1. The smallest absolute Gasteiger partial charge is 0.360 e. The summed E-state index contributed by atoms with van der Waals surface area (Å²) in [6.45, 7) is 0. The van der Waals surface area contributed by atoms with Crippen LogP contribution in [0.4, 0.5) is 18.9 Å². The van der Waals surface area contributed by atoms with Gasteiger partial charge in [-0.05, 0) is 30.3 Å². The van der Waals surface area contributed by atoms with E-state index in [9.17, 15) is 18.4 Å². The standard InChI is InChI=1S/C18H10F3N5S/c19-18(20,21)17-25-12-6-5-11(7-14(12)26-17)23-9-10(8-22)16-24-13-3-1-2-4-15(13)27-16/h1-7,9,23H,(H,25,26). The van der Waals surface area contributed by atoms with Crippen molar-refractivity contribution in [1.82, 2.24) is 15.0 Å². The fourth-order valence-corrected chi connectivity index (χ4v) is 3.45. The summed E-state index contributed by atoms with van der Waals surface area (Å²) in [5.74, 6) is -1.04. The number of nitrogens with one attached hydrogen (secondary N) is 2. The Balaban J connectivity index is 1.63. The number of allylic oxidation sites excluding steroid dienone is 1. The number of aromatic amines is 1. The molecule has 0 fully saturated rings. The molecule has 4 aromatic rings. The second kappa shape index (κ2) is 6.41. The molecule has 0 amide bonds. The summed E-state index contributed by atoms with van der Waals surface area (Å²) in [4.78, 5) is 10.2. The summed E-state index contributed by atoms with van der Waals surface area (Å²) in [6, 6.07) is 14.2. The first kappa shape index (κ1) is 17.1. The van der Waals surface area contributed by atoms with Crippen molar-refractivity contribution in [3.63, 3.8) is 0 Å². The summed E-state index contributed by atoms with van der Waals surface area (Å²) in [7, 11) is 0. The molecule has 134 valence electrons. The SMILES string of the molecule is N#CC(=CNc1ccc2nc(C(F)(F)F)[nH]c2c1)c1nc2ccccc2s1. The maximum Gasteiger partial charge on any atom is 0.449 e. The van der Waals surface area contributed by atoms with Crippen LogP contribution in [0.2, 0.25) is 0 Å². The van der Waals surface area contributed by atoms with Gasteiger partial charge in [0, 0.05) is 11.9 Å². The van der Waals surface area contributed by atoms with Crippen LogP contribution in [0.1, 0.15) is 10.8 Å². The molecule has 9 heteroatoms. The third kappa shape index (κ3) is 3.35. The molecular formula is C18H10F3N5S. The lowest BCUT2D eigenvalue weighted by Crippen LogP contribution is -2.06.